The van der Waals surface area contributed by atoms with E-state index in [4.69, 9.17) is 14.5 Å². The van der Waals surface area contributed by atoms with E-state index in [9.17, 15) is 36.2 Å². The van der Waals surface area contributed by atoms with Crippen molar-refractivity contribution >= 4 is 17.1 Å². The molecule has 46 heavy (non-hydrogen) atoms. The van der Waals surface area contributed by atoms with Crippen molar-refractivity contribution in [3.8, 4) is 11.6 Å². The lowest BCUT2D eigenvalue weighted by Crippen LogP contribution is -2.36. The van der Waals surface area contributed by atoms with Crippen molar-refractivity contribution in [1.29, 1.82) is 0 Å². The zero-order chi connectivity index (χ0) is 32.7. The first-order valence-corrected chi connectivity index (χ1v) is 14.3. The van der Waals surface area contributed by atoms with Crippen molar-refractivity contribution in [1.82, 2.24) is 24.4 Å². The van der Waals surface area contributed by atoms with Gasteiger partial charge in [-0.2, -0.15) is 22.0 Å². The number of nitrogens with zero attached hydrogens (tertiary/aromatic N) is 5. The number of alkyl halides is 5. The zero-order valence-electron chi connectivity index (χ0n) is 24.2. The predicted molar refractivity (Wildman–Crippen MR) is 148 cm³/mol. The molecule has 2 aliphatic rings. The lowest BCUT2D eigenvalue weighted by atomic mass is 9.97. The minimum Gasteiger partial charge on any atom is -0.477 e. The van der Waals surface area contributed by atoms with Gasteiger partial charge < -0.3 is 23.9 Å². The lowest BCUT2D eigenvalue weighted by molar-refractivity contribution is -0.139. The van der Waals surface area contributed by atoms with E-state index in [2.05, 4.69) is 14.7 Å². The van der Waals surface area contributed by atoms with Crippen LogP contribution in [0.4, 0.5) is 26.3 Å². The first-order chi connectivity index (χ1) is 21.9. The molecule has 1 fully saturated rings. The highest BCUT2D eigenvalue weighted by molar-refractivity contribution is 5.88. The number of pyridine rings is 2. The Bertz CT molecular complexity index is 1780. The Morgan fingerprint density at radius 2 is 1.93 bits per heavy atom. The van der Waals surface area contributed by atoms with Gasteiger partial charge in [0.1, 0.15) is 35.1 Å². The highest BCUT2D eigenvalue weighted by atomic mass is 19.4. The molecule has 1 aromatic carbocycles. The third kappa shape index (κ3) is 6.44. The van der Waals surface area contributed by atoms with E-state index in [1.54, 1.807) is 13.0 Å². The molecule has 5 heterocycles. The largest absolute Gasteiger partial charge is 0.477 e. The molecule has 10 nitrogen and oxygen atoms in total. The van der Waals surface area contributed by atoms with Crippen molar-refractivity contribution in [3.63, 3.8) is 0 Å². The van der Waals surface area contributed by atoms with Crippen LogP contribution in [-0.4, -0.2) is 61.4 Å². The van der Waals surface area contributed by atoms with Crippen LogP contribution in [0, 0.1) is 5.82 Å². The molecule has 0 unspecified atom stereocenters. The number of aromatic carboxylic acids is 1. The summed E-state index contributed by atoms with van der Waals surface area (Å²) >= 11 is 0. The number of aromatic nitrogens is 4. The van der Waals surface area contributed by atoms with Gasteiger partial charge in [-0.25, -0.2) is 24.1 Å². The molecule has 0 radical (unpaired) electrons. The number of carboxylic acids is 1. The number of benzene rings is 1. The van der Waals surface area contributed by atoms with E-state index in [1.165, 1.54) is 6.07 Å². The Balaban J connectivity index is 1.28. The van der Waals surface area contributed by atoms with Crippen LogP contribution in [0.3, 0.4) is 0 Å². The van der Waals surface area contributed by atoms with Crippen LogP contribution in [0.1, 0.15) is 58.1 Å². The maximum Gasteiger partial charge on any atom is 0.421 e. The Morgan fingerprint density at radius 1 is 1.15 bits per heavy atom. The minimum absolute atomic E-state index is 0.0917. The molecule has 1 saturated heterocycles. The van der Waals surface area contributed by atoms with Gasteiger partial charge in [0.15, 0.2) is 11.3 Å². The number of hydrogen-bond acceptors (Lipinski definition) is 8. The number of carbonyl (C=O) groups is 1. The van der Waals surface area contributed by atoms with E-state index in [-0.39, 0.29) is 30.3 Å². The highest BCUT2D eigenvalue weighted by Crippen LogP contribution is 2.40. The topological polar surface area (TPSA) is 112 Å². The number of carboxylic acid groups (broad SMARTS) is 1. The second-order valence-corrected chi connectivity index (χ2v) is 11.0. The number of rotatable bonds is 10. The van der Waals surface area contributed by atoms with Gasteiger partial charge in [0.2, 0.25) is 5.88 Å². The number of imidazole rings is 1. The average molecular weight is 652 g/mol. The fourth-order valence-electron chi connectivity index (χ4n) is 5.53. The van der Waals surface area contributed by atoms with Crippen molar-refractivity contribution in [2.45, 2.75) is 64.4 Å². The molecule has 6 rings (SSSR count). The summed E-state index contributed by atoms with van der Waals surface area (Å²) in [4.78, 5) is 26.8. The summed E-state index contributed by atoms with van der Waals surface area (Å²) in [7, 11) is 0. The molecule has 3 aromatic heterocycles. The van der Waals surface area contributed by atoms with E-state index in [0.29, 0.717) is 54.0 Å². The quantitative estimate of drug-likeness (QED) is 0.214. The first kappa shape index (κ1) is 31.5. The van der Waals surface area contributed by atoms with Crippen LogP contribution in [-0.2, 0) is 37.0 Å². The molecule has 16 heteroatoms. The molecule has 4 aromatic rings. The molecule has 0 aliphatic carbocycles. The van der Waals surface area contributed by atoms with E-state index in [0.717, 1.165) is 24.6 Å². The molecule has 2 aliphatic heterocycles. The molecule has 0 bridgehead atoms. The third-order valence-corrected chi connectivity index (χ3v) is 8.05. The molecule has 0 spiro atoms. The second kappa shape index (κ2) is 12.4. The van der Waals surface area contributed by atoms with Gasteiger partial charge in [0.05, 0.1) is 30.9 Å². The monoisotopic (exact) mass is 651 g/mol. The fraction of sp³-hybridized carbons (Fsp3) is 0.400. The van der Waals surface area contributed by atoms with Crippen molar-refractivity contribution < 1.29 is 50.5 Å². The summed E-state index contributed by atoms with van der Waals surface area (Å²) < 4.78 is 98.6. The van der Waals surface area contributed by atoms with Crippen LogP contribution < -0.4 is 9.47 Å². The first-order valence-electron chi connectivity index (χ1n) is 14.3. The zero-order valence-corrected chi connectivity index (χ0v) is 24.2. The smallest absolute Gasteiger partial charge is 0.421 e. The number of hydrogen-bond donors (Lipinski definition) is 1. The standard InChI is InChI=1S/C30H27F6N5O5/c1-15-25-16(10-20(30(34,35)36)27(39-25)45-14-17-2-3-18(11-21(17)31)46-29(32)33)6-8-40(15)13-24-37-22-4-5-23(28(42)43)38-26(22)41(24)12-19-7-9-44-19/h2-5,10-11,15,19,29H,6-9,12-14H2,1H3,(H,42,43)/t15-,19-/m0/s1. The lowest BCUT2D eigenvalue weighted by Gasteiger charge is -2.35. The summed E-state index contributed by atoms with van der Waals surface area (Å²) in [6.45, 7) is -0.391. The molecule has 2 atom stereocenters. The van der Waals surface area contributed by atoms with Crippen LogP contribution in [0.15, 0.2) is 36.4 Å². The Kier molecular flexibility index (Phi) is 8.50. The molecule has 0 amide bonds. The van der Waals surface area contributed by atoms with Gasteiger partial charge in [0.25, 0.3) is 0 Å². The summed E-state index contributed by atoms with van der Waals surface area (Å²) in [5.41, 5.74) is 0.170. The summed E-state index contributed by atoms with van der Waals surface area (Å²) in [6.07, 6.45) is -3.85. The maximum atomic E-state index is 14.5. The number of ether oxygens (including phenoxy) is 3. The summed E-state index contributed by atoms with van der Waals surface area (Å²) in [6, 6.07) is 6.27. The van der Waals surface area contributed by atoms with Crippen LogP contribution in [0.25, 0.3) is 11.2 Å². The third-order valence-electron chi connectivity index (χ3n) is 8.05. The van der Waals surface area contributed by atoms with Gasteiger partial charge in [0, 0.05) is 24.8 Å². The fourth-order valence-corrected chi connectivity index (χ4v) is 5.53. The summed E-state index contributed by atoms with van der Waals surface area (Å²) in [5, 5.41) is 9.46. The van der Waals surface area contributed by atoms with Gasteiger partial charge in [-0.05, 0) is 55.7 Å². The Hall–Kier alpha value is -4.44. The number of halogens is 6. The van der Waals surface area contributed by atoms with Crippen molar-refractivity contribution in [2.75, 3.05) is 13.2 Å². The van der Waals surface area contributed by atoms with Crippen LogP contribution >= 0.6 is 0 Å². The van der Waals surface area contributed by atoms with Crippen molar-refractivity contribution in [2.24, 2.45) is 0 Å². The molecule has 244 valence electrons. The SMILES string of the molecule is C[C@H]1c2nc(OCc3ccc(OC(F)F)cc3F)c(C(F)(F)F)cc2CCN1Cc1nc2ccc(C(=O)O)nc2n1C[C@@H]1CCO1. The molecule has 1 N–H and O–H groups in total. The van der Waals surface area contributed by atoms with Gasteiger partial charge in [-0.1, -0.05) is 0 Å². The molecule has 0 saturated carbocycles. The summed E-state index contributed by atoms with van der Waals surface area (Å²) in [5.74, 6) is -2.79. The van der Waals surface area contributed by atoms with Gasteiger partial charge in [-0.15, -0.1) is 0 Å². The Labute approximate surface area is 257 Å². The molecular formula is C30H27F6N5O5. The Morgan fingerprint density at radius 3 is 2.59 bits per heavy atom. The van der Waals surface area contributed by atoms with Gasteiger partial charge >= 0.3 is 18.8 Å². The normalized spacial score (nSPS) is 18.4. The predicted octanol–water partition coefficient (Wildman–Crippen LogP) is 5.77. The van der Waals surface area contributed by atoms with Crippen molar-refractivity contribution in [3.05, 3.63) is 76.1 Å². The molecular weight excluding hydrogens is 624 g/mol. The van der Waals surface area contributed by atoms with Crippen LogP contribution in [0.5, 0.6) is 11.6 Å². The minimum atomic E-state index is -4.82. The van der Waals surface area contributed by atoms with E-state index in [1.807, 2.05) is 9.47 Å². The van der Waals surface area contributed by atoms with E-state index >= 15 is 0 Å². The van der Waals surface area contributed by atoms with E-state index < -0.39 is 54.4 Å². The maximum absolute atomic E-state index is 14.5. The number of fused-ring (bicyclic) bond motifs is 2. The second-order valence-electron chi connectivity index (χ2n) is 11.0. The highest BCUT2D eigenvalue weighted by Gasteiger charge is 2.39. The van der Waals surface area contributed by atoms with Gasteiger partial charge in [-0.3, -0.25) is 4.90 Å². The van der Waals surface area contributed by atoms with Crippen LogP contribution in [0.2, 0.25) is 0 Å². The average Bonchev–Trinajstić information content (AvgIpc) is 3.30.